The molecule has 1 aliphatic carbocycles. The number of allylic oxidation sites excluding steroid dienone is 4. The Labute approximate surface area is 325 Å². The number of nitrogens with zero attached hydrogens (tertiary/aromatic N) is 1. The summed E-state index contributed by atoms with van der Waals surface area (Å²) in [6, 6.07) is 0. The first-order valence-corrected chi connectivity index (χ1v) is 22.7. The average molecular weight is 755 g/mol. The van der Waals surface area contributed by atoms with Gasteiger partial charge in [0.15, 0.2) is 0 Å². The second-order valence-corrected chi connectivity index (χ2v) is 17.0. The molecule has 52 heavy (non-hydrogen) atoms. The molecule has 0 saturated carbocycles. The fraction of sp³-hybridized carbons (Fsp3) is 0.909. The van der Waals surface area contributed by atoms with Crippen molar-refractivity contribution >= 4 is 9.47 Å². The van der Waals surface area contributed by atoms with Crippen LogP contribution >= 0.6 is 9.47 Å². The molecule has 0 saturated heterocycles. The van der Waals surface area contributed by atoms with Gasteiger partial charge in [-0.1, -0.05) is 147 Å². The van der Waals surface area contributed by atoms with Gasteiger partial charge in [-0.2, -0.15) is 0 Å². The van der Waals surface area contributed by atoms with Crippen LogP contribution in [0.2, 0.25) is 0 Å². The number of rotatable bonds is 38. The van der Waals surface area contributed by atoms with E-state index >= 15 is 0 Å². The summed E-state index contributed by atoms with van der Waals surface area (Å²) < 4.78 is 5.76. The van der Waals surface area contributed by atoms with Crippen molar-refractivity contribution in [2.75, 3.05) is 53.6 Å². The third-order valence-electron chi connectivity index (χ3n) is 11.3. The number of unbranched alkanes of at least 4 members (excludes halogenated alkanes) is 17. The van der Waals surface area contributed by atoms with Gasteiger partial charge < -0.3 is 23.8 Å². The van der Waals surface area contributed by atoms with Crippen LogP contribution in [-0.4, -0.2) is 69.2 Å². The van der Waals surface area contributed by atoms with E-state index in [0.29, 0.717) is 25.7 Å². The van der Waals surface area contributed by atoms with Crippen molar-refractivity contribution in [3.63, 3.8) is 0 Å². The third kappa shape index (κ3) is 27.2. The van der Waals surface area contributed by atoms with Crippen molar-refractivity contribution in [1.82, 2.24) is 5.48 Å². The van der Waals surface area contributed by atoms with Crippen LogP contribution in [0, 0.1) is 23.7 Å². The molecule has 1 rings (SSSR count). The summed E-state index contributed by atoms with van der Waals surface area (Å²) >= 11 is 0. The number of aliphatic hydroxyl groups excluding tert-OH is 1. The predicted molar refractivity (Wildman–Crippen MR) is 227 cm³/mol. The first-order chi connectivity index (χ1) is 25.4. The molecule has 0 spiro atoms. The van der Waals surface area contributed by atoms with Gasteiger partial charge in [0.1, 0.15) is 12.6 Å². The number of hydrogen-bond acceptors (Lipinski definition) is 6. The highest BCUT2D eigenvalue weighted by Crippen LogP contribution is 2.43. The molecular weight excluding hydrogens is 665 g/mol. The zero-order chi connectivity index (χ0) is 38.0. The van der Waals surface area contributed by atoms with Crippen LogP contribution in [0.3, 0.4) is 0 Å². The average Bonchev–Trinajstić information content (AvgIpc) is 3.12. The number of nitrogens with two attached hydrogens (primary N) is 1. The van der Waals surface area contributed by atoms with E-state index in [1.165, 1.54) is 141 Å². The van der Waals surface area contributed by atoms with Crippen molar-refractivity contribution in [1.29, 1.82) is 0 Å². The minimum atomic E-state index is -0.431. The van der Waals surface area contributed by atoms with Crippen LogP contribution in [0.5, 0.6) is 0 Å². The van der Waals surface area contributed by atoms with Crippen molar-refractivity contribution in [3.8, 4) is 0 Å². The zero-order valence-electron chi connectivity index (χ0n) is 34.9. The molecule has 0 aromatic rings. The highest BCUT2D eigenvalue weighted by molar-refractivity contribution is 7.09. The molecule has 308 valence electrons. The van der Waals surface area contributed by atoms with Gasteiger partial charge in [0, 0.05) is 22.4 Å². The summed E-state index contributed by atoms with van der Waals surface area (Å²) in [6.45, 7) is 9.03. The van der Waals surface area contributed by atoms with Crippen molar-refractivity contribution in [3.05, 3.63) is 24.3 Å². The molecule has 6 atom stereocenters. The molecule has 7 nitrogen and oxygen atoms in total. The smallest absolute Gasteiger partial charge is 0.126 e. The number of likely N-dealkylation sites (N-methyl/N-ethyl adjacent to an activating group) is 1. The Balaban J connectivity index is 2.48. The molecule has 0 heterocycles. The van der Waals surface area contributed by atoms with Crippen LogP contribution in [0.15, 0.2) is 24.3 Å². The molecular formula is C44H89N3O4P+. The number of aliphatic hydroxyl groups is 1. The Morgan fingerprint density at radius 1 is 0.731 bits per heavy atom. The van der Waals surface area contributed by atoms with E-state index in [0.717, 1.165) is 61.2 Å². The monoisotopic (exact) mass is 755 g/mol. The maximum Gasteiger partial charge on any atom is 0.126 e. The van der Waals surface area contributed by atoms with E-state index in [9.17, 15) is 5.11 Å². The van der Waals surface area contributed by atoms with E-state index in [1.807, 2.05) is 0 Å². The molecule has 0 aromatic heterocycles. The Morgan fingerprint density at radius 3 is 1.94 bits per heavy atom. The predicted octanol–water partition coefficient (Wildman–Crippen LogP) is 11.0. The van der Waals surface area contributed by atoms with Crippen LogP contribution in [0.4, 0.5) is 0 Å². The van der Waals surface area contributed by atoms with Crippen LogP contribution in [0.1, 0.15) is 174 Å². The van der Waals surface area contributed by atoms with Crippen LogP contribution in [-0.2, 0) is 14.2 Å². The Hall–Kier alpha value is -0.370. The van der Waals surface area contributed by atoms with E-state index in [4.69, 9.17) is 20.1 Å². The van der Waals surface area contributed by atoms with Crippen molar-refractivity contribution < 1.29 is 23.8 Å². The minimum Gasteiger partial charge on any atom is -0.385 e. The number of hydrogen-bond donors (Lipinski definition) is 3. The van der Waals surface area contributed by atoms with E-state index in [1.54, 1.807) is 0 Å². The molecule has 0 fully saturated rings. The van der Waals surface area contributed by atoms with Gasteiger partial charge in [0.2, 0.25) is 0 Å². The number of nitrogens with one attached hydrogen (secondary N) is 1. The first-order valence-electron chi connectivity index (χ1n) is 22.2. The quantitative estimate of drug-likeness (QED) is 0.0191. The lowest BCUT2D eigenvalue weighted by atomic mass is 9.66. The number of quaternary nitrogens is 1. The molecule has 0 aliphatic heterocycles. The maximum absolute atomic E-state index is 10.0. The standard InChI is InChI=1S/C44H89N3O4P/c1-5-7-9-21-28-40-32-33-41(44(43(40)30-23-10-8-6-2)31-24-18-13-11-12-15-19-25-36-49-45)29-22-17-14-16-20-26-37-50-46-34-27-35-47(3,4)38-42(48)39-51-52/h24,31-33,40-44,46,48H,5-23,25-30,34-39,45,52H2,1-4H3/q+1/b31-24+. The lowest BCUT2D eigenvalue weighted by Crippen LogP contribution is -2.47. The highest BCUT2D eigenvalue weighted by atomic mass is 31.0. The Kier molecular flexibility index (Phi) is 33.5. The molecule has 1 aliphatic rings. The summed E-state index contributed by atoms with van der Waals surface area (Å²) in [6.07, 6.45) is 42.9. The third-order valence-corrected chi connectivity index (χ3v) is 11.5. The second-order valence-electron chi connectivity index (χ2n) is 16.7. The van der Waals surface area contributed by atoms with Gasteiger partial charge in [-0.3, -0.25) is 0 Å². The molecule has 0 aromatic carbocycles. The maximum atomic E-state index is 10.0. The van der Waals surface area contributed by atoms with E-state index in [-0.39, 0.29) is 0 Å². The molecule has 0 radical (unpaired) electrons. The minimum absolute atomic E-state index is 0.359. The normalized spacial score (nSPS) is 20.0. The van der Waals surface area contributed by atoms with Gasteiger partial charge in [-0.25, -0.2) is 11.4 Å². The molecule has 4 N–H and O–H groups in total. The lowest BCUT2D eigenvalue weighted by Gasteiger charge is -2.39. The summed E-state index contributed by atoms with van der Waals surface area (Å²) in [7, 11) is 6.52. The Bertz CT molecular complexity index is 829. The van der Waals surface area contributed by atoms with Crippen molar-refractivity contribution in [2.45, 2.75) is 180 Å². The lowest BCUT2D eigenvalue weighted by molar-refractivity contribution is -0.893. The van der Waals surface area contributed by atoms with Crippen molar-refractivity contribution in [2.24, 2.45) is 29.6 Å². The molecule has 0 bridgehead atoms. The summed E-state index contributed by atoms with van der Waals surface area (Å²) in [4.78, 5) is 10.4. The highest BCUT2D eigenvalue weighted by Gasteiger charge is 2.33. The summed E-state index contributed by atoms with van der Waals surface area (Å²) in [5.74, 6) is 8.18. The van der Waals surface area contributed by atoms with Gasteiger partial charge in [0.25, 0.3) is 0 Å². The summed E-state index contributed by atoms with van der Waals surface area (Å²) in [5.41, 5.74) is 3.15. The fourth-order valence-electron chi connectivity index (χ4n) is 8.28. The van der Waals surface area contributed by atoms with Gasteiger partial charge in [-0.05, 0) is 68.6 Å². The van der Waals surface area contributed by atoms with Gasteiger partial charge in [-0.15, -0.1) is 0 Å². The molecule has 6 unspecified atom stereocenters. The van der Waals surface area contributed by atoms with Gasteiger partial charge >= 0.3 is 0 Å². The largest absolute Gasteiger partial charge is 0.385 e. The second kappa shape index (κ2) is 35.1. The van der Waals surface area contributed by atoms with Crippen LogP contribution < -0.4 is 11.4 Å². The molecule has 8 heteroatoms. The SMILES string of the molecule is CCCCCCC1C=CC(CCCCCCCCONCCC[N+](C)(C)CC(O)COP)C(/C=C/CCCCCCCCON)C1CCCCCC. The fourth-order valence-corrected chi connectivity index (χ4v) is 8.50. The zero-order valence-corrected chi connectivity index (χ0v) is 36.0. The Morgan fingerprint density at radius 2 is 1.29 bits per heavy atom. The van der Waals surface area contributed by atoms with Crippen LogP contribution in [0.25, 0.3) is 0 Å². The summed E-state index contributed by atoms with van der Waals surface area (Å²) in [5, 5.41) is 10.0. The number of hydroxylamine groups is 1. The first kappa shape index (κ1) is 49.6. The van der Waals surface area contributed by atoms with E-state index in [2.05, 4.69) is 67.2 Å². The van der Waals surface area contributed by atoms with Gasteiger partial charge in [0.05, 0.1) is 40.5 Å². The topological polar surface area (TPSA) is 86.0 Å². The van der Waals surface area contributed by atoms with E-state index < -0.39 is 6.10 Å². The molecule has 0 amide bonds.